The van der Waals surface area contributed by atoms with Crippen molar-refractivity contribution in [3.05, 3.63) is 0 Å². The predicted octanol–water partition coefficient (Wildman–Crippen LogP) is 1.91. The summed E-state index contributed by atoms with van der Waals surface area (Å²) < 4.78 is 0. The summed E-state index contributed by atoms with van der Waals surface area (Å²) in [6, 6.07) is 0. The molecule has 0 bridgehead atoms. The summed E-state index contributed by atoms with van der Waals surface area (Å²) in [5, 5.41) is 10.2. The molecular formula is C10H23NO. The first-order valence-electron chi connectivity index (χ1n) is 4.80. The van der Waals surface area contributed by atoms with Crippen molar-refractivity contribution in [1.29, 1.82) is 0 Å². The first-order chi connectivity index (χ1) is 5.37. The van der Waals surface area contributed by atoms with Crippen LogP contribution in [0.2, 0.25) is 0 Å². The Balaban J connectivity index is 4.24. The maximum atomic E-state index is 10.2. The number of aliphatic hydroxyl groups is 1. The molecule has 0 radical (unpaired) electrons. The molecule has 2 heteroatoms. The fraction of sp³-hybridized carbons (Fsp3) is 1.00. The van der Waals surface area contributed by atoms with Crippen LogP contribution in [0.25, 0.3) is 0 Å². The van der Waals surface area contributed by atoms with Crippen LogP contribution in [0.5, 0.6) is 0 Å². The average molecular weight is 173 g/mol. The van der Waals surface area contributed by atoms with E-state index in [1.54, 1.807) is 0 Å². The quantitative estimate of drug-likeness (QED) is 0.682. The fourth-order valence-electron chi connectivity index (χ4n) is 1.25. The largest absolute Gasteiger partial charge is 0.388 e. The van der Waals surface area contributed by atoms with Crippen molar-refractivity contribution < 1.29 is 5.11 Å². The molecule has 0 saturated carbocycles. The lowest BCUT2D eigenvalue weighted by Gasteiger charge is -2.39. The van der Waals surface area contributed by atoms with Crippen LogP contribution in [0.4, 0.5) is 0 Å². The van der Waals surface area contributed by atoms with Crippen LogP contribution in [0, 0.1) is 5.41 Å². The molecule has 0 saturated heterocycles. The molecule has 74 valence electrons. The standard InChI is InChI=1S/C10H23NO/c1-5-6-7-10(12,8-11)9(2,3)4/h12H,5-8,11H2,1-4H3. The van der Waals surface area contributed by atoms with Crippen LogP contribution in [0.15, 0.2) is 0 Å². The van der Waals surface area contributed by atoms with Gasteiger partial charge >= 0.3 is 0 Å². The Morgan fingerprint density at radius 3 is 2.00 bits per heavy atom. The molecular weight excluding hydrogens is 150 g/mol. The van der Waals surface area contributed by atoms with Gasteiger partial charge in [-0.15, -0.1) is 0 Å². The van der Waals surface area contributed by atoms with Gasteiger partial charge in [-0.2, -0.15) is 0 Å². The van der Waals surface area contributed by atoms with E-state index in [0.29, 0.717) is 6.54 Å². The lowest BCUT2D eigenvalue weighted by atomic mass is 9.73. The number of nitrogens with two attached hydrogens (primary N) is 1. The lowest BCUT2D eigenvalue weighted by molar-refractivity contribution is -0.0576. The molecule has 0 amide bonds. The normalized spacial score (nSPS) is 17.5. The molecule has 0 aromatic carbocycles. The number of rotatable bonds is 4. The summed E-state index contributed by atoms with van der Waals surface area (Å²) in [4.78, 5) is 0. The molecule has 0 heterocycles. The minimum Gasteiger partial charge on any atom is -0.388 e. The van der Waals surface area contributed by atoms with Crippen molar-refractivity contribution in [3.8, 4) is 0 Å². The van der Waals surface area contributed by atoms with Crippen molar-refractivity contribution in [3.63, 3.8) is 0 Å². The molecule has 12 heavy (non-hydrogen) atoms. The monoisotopic (exact) mass is 173 g/mol. The van der Waals surface area contributed by atoms with Gasteiger partial charge in [-0.25, -0.2) is 0 Å². The number of hydrogen-bond acceptors (Lipinski definition) is 2. The second-order valence-corrected chi connectivity index (χ2v) is 4.59. The van der Waals surface area contributed by atoms with E-state index in [1.165, 1.54) is 0 Å². The third-order valence-corrected chi connectivity index (χ3v) is 2.68. The highest BCUT2D eigenvalue weighted by molar-refractivity contribution is 4.91. The smallest absolute Gasteiger partial charge is 0.0817 e. The Hall–Kier alpha value is -0.0800. The number of unbranched alkanes of at least 4 members (excludes halogenated alkanes) is 1. The van der Waals surface area contributed by atoms with E-state index in [1.807, 2.05) is 20.8 Å². The van der Waals surface area contributed by atoms with Gasteiger partial charge < -0.3 is 10.8 Å². The summed E-state index contributed by atoms with van der Waals surface area (Å²) in [5.74, 6) is 0. The Bertz CT molecular complexity index is 128. The molecule has 0 aliphatic rings. The Labute approximate surface area is 76.2 Å². The highest BCUT2D eigenvalue weighted by Gasteiger charge is 2.37. The van der Waals surface area contributed by atoms with Gasteiger partial charge in [0.1, 0.15) is 0 Å². The maximum Gasteiger partial charge on any atom is 0.0817 e. The SMILES string of the molecule is CCCCC(O)(CN)C(C)(C)C. The summed E-state index contributed by atoms with van der Waals surface area (Å²) >= 11 is 0. The fourth-order valence-corrected chi connectivity index (χ4v) is 1.25. The van der Waals surface area contributed by atoms with E-state index in [4.69, 9.17) is 5.73 Å². The van der Waals surface area contributed by atoms with E-state index in [2.05, 4.69) is 6.92 Å². The average Bonchev–Trinajstić information content (AvgIpc) is 1.98. The molecule has 1 unspecified atom stereocenters. The summed E-state index contributed by atoms with van der Waals surface area (Å²) in [6.07, 6.45) is 2.97. The van der Waals surface area contributed by atoms with Crippen molar-refractivity contribution in [2.24, 2.45) is 11.1 Å². The maximum absolute atomic E-state index is 10.2. The van der Waals surface area contributed by atoms with Crippen molar-refractivity contribution >= 4 is 0 Å². The van der Waals surface area contributed by atoms with Crippen molar-refractivity contribution in [1.82, 2.24) is 0 Å². The molecule has 0 fully saturated rings. The van der Waals surface area contributed by atoms with E-state index in [0.717, 1.165) is 19.3 Å². The van der Waals surface area contributed by atoms with E-state index >= 15 is 0 Å². The highest BCUT2D eigenvalue weighted by Crippen LogP contribution is 2.33. The van der Waals surface area contributed by atoms with Crippen molar-refractivity contribution in [2.45, 2.75) is 52.6 Å². The van der Waals surface area contributed by atoms with Gasteiger partial charge in [0, 0.05) is 6.54 Å². The van der Waals surface area contributed by atoms with Gasteiger partial charge in [0.05, 0.1) is 5.60 Å². The van der Waals surface area contributed by atoms with E-state index in [-0.39, 0.29) is 5.41 Å². The van der Waals surface area contributed by atoms with Gasteiger partial charge in [-0.1, -0.05) is 40.5 Å². The molecule has 1 atom stereocenters. The first kappa shape index (κ1) is 11.9. The predicted molar refractivity (Wildman–Crippen MR) is 53.0 cm³/mol. The molecule has 2 nitrogen and oxygen atoms in total. The first-order valence-corrected chi connectivity index (χ1v) is 4.80. The molecule has 0 aliphatic carbocycles. The van der Waals surface area contributed by atoms with Gasteiger partial charge in [0.15, 0.2) is 0 Å². The molecule has 0 rings (SSSR count). The topological polar surface area (TPSA) is 46.2 Å². The molecule has 0 aromatic rings. The van der Waals surface area contributed by atoms with Gasteiger partial charge in [-0.05, 0) is 11.8 Å². The number of hydrogen-bond donors (Lipinski definition) is 2. The van der Waals surface area contributed by atoms with Gasteiger partial charge in [-0.3, -0.25) is 0 Å². The van der Waals surface area contributed by atoms with Crippen LogP contribution in [-0.4, -0.2) is 17.3 Å². The minimum atomic E-state index is -0.691. The Kier molecular flexibility index (Phi) is 4.21. The van der Waals surface area contributed by atoms with Crippen LogP contribution in [0.3, 0.4) is 0 Å². The highest BCUT2D eigenvalue weighted by atomic mass is 16.3. The van der Waals surface area contributed by atoms with Crippen molar-refractivity contribution in [2.75, 3.05) is 6.54 Å². The van der Waals surface area contributed by atoms with Crippen LogP contribution in [0.1, 0.15) is 47.0 Å². The zero-order valence-corrected chi connectivity index (χ0v) is 8.85. The second kappa shape index (κ2) is 4.24. The van der Waals surface area contributed by atoms with E-state index in [9.17, 15) is 5.11 Å². The minimum absolute atomic E-state index is 0.114. The zero-order chi connectivity index (χ0) is 9.83. The third-order valence-electron chi connectivity index (χ3n) is 2.68. The summed E-state index contributed by atoms with van der Waals surface area (Å²) in [5.41, 5.74) is 4.78. The Morgan fingerprint density at radius 2 is 1.75 bits per heavy atom. The van der Waals surface area contributed by atoms with E-state index < -0.39 is 5.60 Å². The third kappa shape index (κ3) is 2.76. The van der Waals surface area contributed by atoms with Crippen LogP contribution >= 0.6 is 0 Å². The van der Waals surface area contributed by atoms with Crippen LogP contribution in [-0.2, 0) is 0 Å². The van der Waals surface area contributed by atoms with Gasteiger partial charge in [0.2, 0.25) is 0 Å². The lowest BCUT2D eigenvalue weighted by Crippen LogP contribution is -2.49. The summed E-state index contributed by atoms with van der Waals surface area (Å²) in [7, 11) is 0. The molecule has 0 aliphatic heterocycles. The zero-order valence-electron chi connectivity index (χ0n) is 8.85. The van der Waals surface area contributed by atoms with Gasteiger partial charge in [0.25, 0.3) is 0 Å². The Morgan fingerprint density at radius 1 is 1.25 bits per heavy atom. The molecule has 0 spiro atoms. The summed E-state index contributed by atoms with van der Waals surface area (Å²) in [6.45, 7) is 8.59. The molecule has 0 aromatic heterocycles. The second-order valence-electron chi connectivity index (χ2n) is 4.59. The van der Waals surface area contributed by atoms with Crippen LogP contribution < -0.4 is 5.73 Å². The molecule has 3 N–H and O–H groups in total.